The third-order valence-electron chi connectivity index (χ3n) is 4.22. The predicted octanol–water partition coefficient (Wildman–Crippen LogP) is 6.12. The lowest BCUT2D eigenvalue weighted by molar-refractivity contribution is 0.416. The molecule has 0 aliphatic rings. The average molecular weight is 328 g/mol. The molecule has 0 unspecified atom stereocenters. The van der Waals surface area contributed by atoms with E-state index in [1.165, 1.54) is 0 Å². The molecule has 0 bridgehead atoms. The van der Waals surface area contributed by atoms with Crippen molar-refractivity contribution >= 4 is 32.9 Å². The first-order valence-corrected chi connectivity index (χ1v) is 7.97. The second kappa shape index (κ2) is 6.24. The van der Waals surface area contributed by atoms with Crippen molar-refractivity contribution in [2.45, 2.75) is 0 Å². The van der Waals surface area contributed by atoms with Crippen LogP contribution in [0.1, 0.15) is 0 Å². The van der Waals surface area contributed by atoms with Gasteiger partial charge >= 0.3 is 0 Å². The fourth-order valence-electron chi connectivity index (χ4n) is 3.02. The molecule has 0 amide bonds. The second-order valence-electron chi connectivity index (χ2n) is 5.66. The molecule has 0 atom stereocenters. The number of phenols is 1. The lowest BCUT2D eigenvalue weighted by Crippen LogP contribution is -1.82. The molecule has 0 saturated carbocycles. The van der Waals surface area contributed by atoms with E-state index in [1.807, 2.05) is 72.8 Å². The van der Waals surface area contributed by atoms with Crippen molar-refractivity contribution in [3.8, 4) is 11.5 Å². The number of hydrogen-bond acceptors (Lipinski definition) is 4. The summed E-state index contributed by atoms with van der Waals surface area (Å²) in [6, 6.07) is 23.0. The van der Waals surface area contributed by atoms with Gasteiger partial charge in [-0.25, -0.2) is 0 Å². The van der Waals surface area contributed by atoms with Crippen LogP contribution < -0.4 is 4.74 Å². The van der Waals surface area contributed by atoms with Crippen molar-refractivity contribution in [1.82, 2.24) is 0 Å². The summed E-state index contributed by atoms with van der Waals surface area (Å²) in [5.74, 6) is 0.767. The van der Waals surface area contributed by atoms with E-state index in [0.717, 1.165) is 21.5 Å². The summed E-state index contributed by atoms with van der Waals surface area (Å²) in [7, 11) is 1.59. The van der Waals surface area contributed by atoms with Gasteiger partial charge < -0.3 is 9.84 Å². The van der Waals surface area contributed by atoms with E-state index in [-0.39, 0.29) is 5.75 Å². The second-order valence-corrected chi connectivity index (χ2v) is 5.66. The highest BCUT2D eigenvalue weighted by Gasteiger charge is 2.13. The highest BCUT2D eigenvalue weighted by molar-refractivity contribution is 6.15. The van der Waals surface area contributed by atoms with Gasteiger partial charge in [-0.05, 0) is 22.9 Å². The molecule has 1 N–H and O–H groups in total. The summed E-state index contributed by atoms with van der Waals surface area (Å²) in [6.45, 7) is 0. The number of phenolic OH excluding ortho intramolecular Hbond substituents is 1. The van der Waals surface area contributed by atoms with Gasteiger partial charge in [-0.3, -0.25) is 0 Å². The first-order chi connectivity index (χ1) is 12.3. The molecule has 0 spiro atoms. The first kappa shape index (κ1) is 15.1. The van der Waals surface area contributed by atoms with Crippen molar-refractivity contribution in [2.75, 3.05) is 7.11 Å². The molecule has 4 aromatic rings. The number of nitrogens with zero attached hydrogens (tertiary/aromatic N) is 2. The summed E-state index contributed by atoms with van der Waals surface area (Å²) in [4.78, 5) is 0. The summed E-state index contributed by atoms with van der Waals surface area (Å²) in [6.07, 6.45) is 0. The van der Waals surface area contributed by atoms with Crippen LogP contribution in [0.3, 0.4) is 0 Å². The minimum absolute atomic E-state index is 0.132. The predicted molar refractivity (Wildman–Crippen MR) is 100 cm³/mol. The van der Waals surface area contributed by atoms with E-state index >= 15 is 0 Å². The number of aromatic hydroxyl groups is 1. The first-order valence-electron chi connectivity index (χ1n) is 7.97. The molecule has 0 fully saturated rings. The minimum Gasteiger partial charge on any atom is -0.505 e. The lowest BCUT2D eigenvalue weighted by atomic mass is 9.99. The van der Waals surface area contributed by atoms with Crippen LogP contribution in [0.4, 0.5) is 11.4 Å². The minimum atomic E-state index is 0.132. The Kier molecular flexibility index (Phi) is 3.78. The van der Waals surface area contributed by atoms with Gasteiger partial charge in [0.05, 0.1) is 7.11 Å². The number of rotatable bonds is 3. The molecular formula is C21H16N2O2. The van der Waals surface area contributed by atoms with E-state index in [0.29, 0.717) is 17.1 Å². The van der Waals surface area contributed by atoms with Crippen molar-refractivity contribution in [3.63, 3.8) is 0 Å². The fourth-order valence-corrected chi connectivity index (χ4v) is 3.02. The molecular weight excluding hydrogens is 312 g/mol. The number of para-hydroxylation sites is 1. The number of fused-ring (bicyclic) bond motifs is 3. The highest BCUT2D eigenvalue weighted by atomic mass is 16.5. The smallest absolute Gasteiger partial charge is 0.151 e. The molecule has 0 radical (unpaired) electrons. The van der Waals surface area contributed by atoms with E-state index in [2.05, 4.69) is 10.2 Å². The Balaban J connectivity index is 1.97. The lowest BCUT2D eigenvalue weighted by Gasteiger charge is -2.10. The molecule has 25 heavy (non-hydrogen) atoms. The Bertz CT molecular complexity index is 1100. The molecule has 0 saturated heterocycles. The van der Waals surface area contributed by atoms with Gasteiger partial charge in [0.15, 0.2) is 5.75 Å². The van der Waals surface area contributed by atoms with Crippen LogP contribution in [-0.2, 0) is 0 Å². The van der Waals surface area contributed by atoms with Gasteiger partial charge in [-0.1, -0.05) is 60.7 Å². The Morgan fingerprint density at radius 1 is 0.680 bits per heavy atom. The molecule has 0 aromatic heterocycles. The van der Waals surface area contributed by atoms with Crippen LogP contribution in [0, 0.1) is 0 Å². The molecule has 4 rings (SSSR count). The maximum absolute atomic E-state index is 10.8. The molecule has 122 valence electrons. The fraction of sp³-hybridized carbons (Fsp3) is 0.0476. The molecule has 4 aromatic carbocycles. The normalized spacial score (nSPS) is 11.4. The van der Waals surface area contributed by atoms with Crippen molar-refractivity contribution in [1.29, 1.82) is 0 Å². The van der Waals surface area contributed by atoms with Crippen LogP contribution in [0.15, 0.2) is 83.0 Å². The van der Waals surface area contributed by atoms with Crippen LogP contribution in [0.5, 0.6) is 11.5 Å². The SMILES string of the molecule is COc1ccccc1N=Nc1c(O)c2ccccc2c2ccccc12. The van der Waals surface area contributed by atoms with E-state index in [1.54, 1.807) is 7.11 Å². The van der Waals surface area contributed by atoms with Gasteiger partial charge in [0.1, 0.15) is 17.1 Å². The van der Waals surface area contributed by atoms with Crippen molar-refractivity contribution in [2.24, 2.45) is 10.2 Å². The molecule has 4 nitrogen and oxygen atoms in total. The van der Waals surface area contributed by atoms with Crippen LogP contribution >= 0.6 is 0 Å². The third kappa shape index (κ3) is 2.58. The third-order valence-corrected chi connectivity index (χ3v) is 4.22. The summed E-state index contributed by atoms with van der Waals surface area (Å²) in [5.41, 5.74) is 1.07. The molecule has 0 aliphatic heterocycles. The van der Waals surface area contributed by atoms with Gasteiger partial charge in [-0.15, -0.1) is 10.2 Å². The zero-order chi connectivity index (χ0) is 17.2. The maximum Gasteiger partial charge on any atom is 0.151 e. The summed E-state index contributed by atoms with van der Waals surface area (Å²) in [5, 5.41) is 23.1. The Morgan fingerprint density at radius 3 is 1.96 bits per heavy atom. The largest absolute Gasteiger partial charge is 0.505 e. The van der Waals surface area contributed by atoms with Gasteiger partial charge in [0.25, 0.3) is 0 Å². The summed E-state index contributed by atoms with van der Waals surface area (Å²) >= 11 is 0. The number of azo groups is 1. The number of benzene rings is 4. The molecule has 0 heterocycles. The standard InChI is InChI=1S/C21H16N2O2/c1-25-19-13-7-6-12-18(19)22-23-20-16-10-4-2-8-14(16)15-9-3-5-11-17(15)21(20)24/h2-13,24H,1H3. The zero-order valence-corrected chi connectivity index (χ0v) is 13.7. The average Bonchev–Trinajstić information content (AvgIpc) is 2.68. The Hall–Kier alpha value is -3.40. The van der Waals surface area contributed by atoms with Gasteiger partial charge in [-0.2, -0.15) is 0 Å². The van der Waals surface area contributed by atoms with Crippen molar-refractivity contribution in [3.05, 3.63) is 72.8 Å². The molecule has 4 heteroatoms. The maximum atomic E-state index is 10.8. The van der Waals surface area contributed by atoms with Crippen LogP contribution in [-0.4, -0.2) is 12.2 Å². The van der Waals surface area contributed by atoms with Gasteiger partial charge in [0, 0.05) is 10.8 Å². The topological polar surface area (TPSA) is 54.2 Å². The number of hydrogen-bond donors (Lipinski definition) is 1. The molecule has 0 aliphatic carbocycles. The van der Waals surface area contributed by atoms with Crippen LogP contribution in [0.25, 0.3) is 21.5 Å². The highest BCUT2D eigenvalue weighted by Crippen LogP contribution is 2.43. The van der Waals surface area contributed by atoms with Gasteiger partial charge in [0.2, 0.25) is 0 Å². The quantitative estimate of drug-likeness (QED) is 0.364. The van der Waals surface area contributed by atoms with E-state index in [4.69, 9.17) is 4.74 Å². The number of ether oxygens (including phenoxy) is 1. The number of methoxy groups -OCH3 is 1. The zero-order valence-electron chi connectivity index (χ0n) is 13.7. The van der Waals surface area contributed by atoms with E-state index < -0.39 is 0 Å². The Labute approximate surface area is 145 Å². The summed E-state index contributed by atoms with van der Waals surface area (Å²) < 4.78 is 5.31. The van der Waals surface area contributed by atoms with Crippen molar-refractivity contribution < 1.29 is 9.84 Å². The van der Waals surface area contributed by atoms with Crippen LogP contribution in [0.2, 0.25) is 0 Å². The van der Waals surface area contributed by atoms with E-state index in [9.17, 15) is 5.11 Å². The Morgan fingerprint density at radius 2 is 1.24 bits per heavy atom. The monoisotopic (exact) mass is 328 g/mol.